The van der Waals surface area contributed by atoms with Gasteiger partial charge in [-0.2, -0.15) is 5.10 Å². The van der Waals surface area contributed by atoms with Gasteiger partial charge in [0.25, 0.3) is 5.91 Å². The third kappa shape index (κ3) is 3.93. The molecule has 2 aromatic carbocycles. The highest BCUT2D eigenvalue weighted by Gasteiger charge is 2.29. The zero-order valence-corrected chi connectivity index (χ0v) is 16.8. The predicted octanol–water partition coefficient (Wildman–Crippen LogP) is 4.24. The number of ether oxygens (including phenoxy) is 1. The molecular weight excluding hydrogens is 369 g/mol. The summed E-state index contributed by atoms with van der Waals surface area (Å²) in [4.78, 5) is 15.2. The van der Waals surface area contributed by atoms with E-state index in [0.29, 0.717) is 30.0 Å². The van der Waals surface area contributed by atoms with Crippen LogP contribution in [0.4, 0.5) is 4.39 Å². The summed E-state index contributed by atoms with van der Waals surface area (Å²) in [5.74, 6) is -0.502. The number of halogens is 1. The first-order valence-corrected chi connectivity index (χ1v) is 9.79. The van der Waals surface area contributed by atoms with Gasteiger partial charge in [0.15, 0.2) is 0 Å². The quantitative estimate of drug-likeness (QED) is 0.669. The Labute approximate surface area is 169 Å². The van der Waals surface area contributed by atoms with Crippen molar-refractivity contribution in [3.63, 3.8) is 0 Å². The first-order valence-electron chi connectivity index (χ1n) is 9.79. The fourth-order valence-electron chi connectivity index (χ4n) is 3.80. The van der Waals surface area contributed by atoms with Gasteiger partial charge in [-0.25, -0.2) is 9.07 Å². The van der Waals surface area contributed by atoms with Crippen molar-refractivity contribution in [2.75, 3.05) is 13.1 Å². The molecule has 1 fully saturated rings. The second-order valence-corrected chi connectivity index (χ2v) is 7.61. The van der Waals surface area contributed by atoms with Crippen molar-refractivity contribution < 1.29 is 13.9 Å². The maximum atomic E-state index is 14.4. The topological polar surface area (TPSA) is 47.4 Å². The Bertz CT molecular complexity index is 1040. The maximum absolute atomic E-state index is 14.4. The molecule has 2 heterocycles. The Balaban J connectivity index is 1.81. The Morgan fingerprint density at radius 1 is 1.07 bits per heavy atom. The highest BCUT2D eigenvalue weighted by Crippen LogP contribution is 2.26. The maximum Gasteiger partial charge on any atom is 0.272 e. The molecule has 3 aromatic rings. The van der Waals surface area contributed by atoms with Crippen LogP contribution in [0.25, 0.3) is 16.9 Å². The van der Waals surface area contributed by atoms with E-state index in [9.17, 15) is 9.18 Å². The largest absolute Gasteiger partial charge is 0.372 e. The Hall–Kier alpha value is -2.99. The molecule has 0 bridgehead atoms. The lowest BCUT2D eigenvalue weighted by atomic mass is 10.1. The minimum Gasteiger partial charge on any atom is -0.372 e. The van der Waals surface area contributed by atoms with E-state index in [4.69, 9.17) is 4.74 Å². The Morgan fingerprint density at radius 2 is 1.79 bits per heavy atom. The predicted molar refractivity (Wildman–Crippen MR) is 110 cm³/mol. The highest BCUT2D eigenvalue weighted by molar-refractivity contribution is 5.94. The van der Waals surface area contributed by atoms with E-state index < -0.39 is 0 Å². The number of hydrogen-bond donors (Lipinski definition) is 0. The van der Waals surface area contributed by atoms with Gasteiger partial charge in [-0.05, 0) is 56.7 Å². The standard InChI is InChI=1S/C23H24FN3O2/c1-15-7-6-8-18(11-15)27-22(23(28)26-13-16(2)29-17(3)14-26)12-21(25-27)19-9-4-5-10-20(19)24/h4-12,16-17H,13-14H2,1-3H3/t16-,17+. The minimum absolute atomic E-state index is 0.0379. The third-order valence-corrected chi connectivity index (χ3v) is 5.03. The summed E-state index contributed by atoms with van der Waals surface area (Å²) < 4.78 is 21.8. The number of hydrogen-bond acceptors (Lipinski definition) is 3. The number of aryl methyl sites for hydroxylation is 1. The summed E-state index contributed by atoms with van der Waals surface area (Å²) in [6, 6.07) is 15.9. The van der Waals surface area contributed by atoms with Gasteiger partial charge < -0.3 is 9.64 Å². The van der Waals surface area contributed by atoms with E-state index in [2.05, 4.69) is 5.10 Å². The van der Waals surface area contributed by atoms with Crippen LogP contribution < -0.4 is 0 Å². The third-order valence-electron chi connectivity index (χ3n) is 5.03. The molecule has 5 nitrogen and oxygen atoms in total. The number of nitrogens with zero attached hydrogens (tertiary/aromatic N) is 3. The van der Waals surface area contributed by atoms with Gasteiger partial charge in [-0.3, -0.25) is 4.79 Å². The lowest BCUT2D eigenvalue weighted by molar-refractivity contribution is -0.0588. The molecule has 0 unspecified atom stereocenters. The lowest BCUT2D eigenvalue weighted by Crippen LogP contribution is -2.48. The summed E-state index contributed by atoms with van der Waals surface area (Å²) in [6.07, 6.45) is -0.0758. The molecule has 0 spiro atoms. The van der Waals surface area contributed by atoms with Crippen molar-refractivity contribution in [2.45, 2.75) is 33.0 Å². The van der Waals surface area contributed by atoms with E-state index in [1.54, 1.807) is 33.8 Å². The van der Waals surface area contributed by atoms with Gasteiger partial charge >= 0.3 is 0 Å². The van der Waals surface area contributed by atoms with Gasteiger partial charge in [0.05, 0.1) is 23.6 Å². The van der Waals surface area contributed by atoms with Crippen molar-refractivity contribution >= 4 is 5.91 Å². The molecule has 150 valence electrons. The van der Waals surface area contributed by atoms with Gasteiger partial charge in [-0.15, -0.1) is 0 Å². The normalized spacial score (nSPS) is 19.4. The van der Waals surface area contributed by atoms with Crippen LogP contribution in [-0.4, -0.2) is 45.9 Å². The molecule has 0 radical (unpaired) electrons. The number of morpholine rings is 1. The number of aromatic nitrogens is 2. The van der Waals surface area contributed by atoms with Crippen LogP contribution in [0, 0.1) is 12.7 Å². The number of carbonyl (C=O) groups is 1. The monoisotopic (exact) mass is 393 g/mol. The molecule has 6 heteroatoms. The molecule has 1 aliphatic rings. The van der Waals surface area contributed by atoms with Crippen molar-refractivity contribution in [1.29, 1.82) is 0 Å². The van der Waals surface area contributed by atoms with E-state index in [1.165, 1.54) is 6.07 Å². The van der Waals surface area contributed by atoms with Crippen molar-refractivity contribution in [2.24, 2.45) is 0 Å². The number of benzene rings is 2. The minimum atomic E-state index is -0.367. The lowest BCUT2D eigenvalue weighted by Gasteiger charge is -2.35. The van der Waals surface area contributed by atoms with Crippen LogP contribution in [0.3, 0.4) is 0 Å². The Kier molecular flexibility index (Phi) is 5.20. The summed E-state index contributed by atoms with van der Waals surface area (Å²) in [5, 5.41) is 4.60. The molecule has 0 N–H and O–H groups in total. The van der Waals surface area contributed by atoms with E-state index in [1.807, 2.05) is 45.0 Å². The SMILES string of the molecule is Cc1cccc(-n2nc(-c3ccccc3F)cc2C(=O)N2C[C@@H](C)O[C@@H](C)C2)c1. The molecule has 1 saturated heterocycles. The first-order chi connectivity index (χ1) is 13.9. The molecule has 1 aromatic heterocycles. The summed E-state index contributed by atoms with van der Waals surface area (Å²) in [6.45, 7) is 6.92. The van der Waals surface area contributed by atoms with Crippen LogP contribution in [-0.2, 0) is 4.74 Å². The summed E-state index contributed by atoms with van der Waals surface area (Å²) in [5.41, 5.74) is 3.04. The van der Waals surface area contributed by atoms with Crippen LogP contribution in [0.1, 0.15) is 29.9 Å². The van der Waals surface area contributed by atoms with Crippen LogP contribution in [0.5, 0.6) is 0 Å². The number of rotatable bonds is 3. The van der Waals surface area contributed by atoms with E-state index in [-0.39, 0.29) is 23.9 Å². The average molecular weight is 393 g/mol. The zero-order valence-electron chi connectivity index (χ0n) is 16.8. The van der Waals surface area contributed by atoms with Crippen molar-refractivity contribution in [3.8, 4) is 16.9 Å². The Morgan fingerprint density at radius 3 is 2.48 bits per heavy atom. The first kappa shape index (κ1) is 19.3. The van der Waals surface area contributed by atoms with Crippen LogP contribution in [0.15, 0.2) is 54.6 Å². The summed E-state index contributed by atoms with van der Waals surface area (Å²) in [7, 11) is 0. The molecule has 0 aliphatic carbocycles. The molecule has 0 saturated carbocycles. The molecule has 4 rings (SSSR count). The number of amides is 1. The van der Waals surface area contributed by atoms with Gasteiger partial charge in [0.2, 0.25) is 0 Å². The van der Waals surface area contributed by atoms with Gasteiger partial charge in [0, 0.05) is 18.7 Å². The van der Waals surface area contributed by atoms with Crippen LogP contribution in [0.2, 0.25) is 0 Å². The van der Waals surface area contributed by atoms with E-state index >= 15 is 0 Å². The smallest absolute Gasteiger partial charge is 0.272 e. The van der Waals surface area contributed by atoms with Gasteiger partial charge in [0.1, 0.15) is 11.5 Å². The van der Waals surface area contributed by atoms with Crippen molar-refractivity contribution in [3.05, 3.63) is 71.7 Å². The molecule has 29 heavy (non-hydrogen) atoms. The van der Waals surface area contributed by atoms with Gasteiger partial charge in [-0.1, -0.05) is 24.3 Å². The fourth-order valence-corrected chi connectivity index (χ4v) is 3.80. The fraction of sp³-hybridized carbons (Fsp3) is 0.304. The molecule has 1 amide bonds. The van der Waals surface area contributed by atoms with E-state index in [0.717, 1.165) is 11.3 Å². The van der Waals surface area contributed by atoms with Crippen LogP contribution >= 0.6 is 0 Å². The highest BCUT2D eigenvalue weighted by atomic mass is 19.1. The average Bonchev–Trinajstić information content (AvgIpc) is 3.12. The summed E-state index contributed by atoms with van der Waals surface area (Å²) >= 11 is 0. The second-order valence-electron chi connectivity index (χ2n) is 7.61. The second kappa shape index (κ2) is 7.79. The van der Waals surface area contributed by atoms with Crippen molar-refractivity contribution in [1.82, 2.24) is 14.7 Å². The number of carbonyl (C=O) groups excluding carboxylic acids is 1. The molecule has 2 atom stereocenters. The molecule has 1 aliphatic heterocycles. The zero-order chi connectivity index (χ0) is 20.5. The molecular formula is C23H24FN3O2.